The monoisotopic (exact) mass is 530 g/mol. The van der Waals surface area contributed by atoms with E-state index in [1.165, 1.54) is 55.5 Å². The number of anilines is 1. The van der Waals surface area contributed by atoms with E-state index in [9.17, 15) is 13.6 Å². The molecule has 4 rings (SSSR count). The second kappa shape index (κ2) is 10.4. The van der Waals surface area contributed by atoms with Crippen LogP contribution in [0.3, 0.4) is 0 Å². The number of sulfonamides is 1. The fraction of sp³-hybridized carbons (Fsp3) is 0.0870. The van der Waals surface area contributed by atoms with Gasteiger partial charge in [0.25, 0.3) is 10.0 Å². The number of nitrogens with one attached hydrogen (secondary N) is 1. The standard InChI is InChI=1S/C23H19ClN4O5S2/c1-32-18-5-3-4-6-19(18)33-20-21(24)25-22(15-11-13-28(29)14-12-15)26-23(20)27-35(30,31)17-9-7-16(34-2)8-10-17/h3-14H,1-2H3,(H,25,26,27). The number of methoxy groups -OCH3 is 1. The summed E-state index contributed by atoms with van der Waals surface area (Å²) in [4.78, 5) is 9.56. The number of thioether (sulfide) groups is 1. The maximum absolute atomic E-state index is 13.2. The van der Waals surface area contributed by atoms with Crippen LogP contribution in [0.4, 0.5) is 5.82 Å². The number of rotatable bonds is 8. The molecule has 0 amide bonds. The smallest absolute Gasteiger partial charge is 0.263 e. The zero-order valence-electron chi connectivity index (χ0n) is 18.5. The molecule has 0 aliphatic heterocycles. The molecule has 9 nitrogen and oxygen atoms in total. The predicted octanol–water partition coefficient (Wildman–Crippen LogP) is 4.75. The fourth-order valence-corrected chi connectivity index (χ4v) is 4.65. The fourth-order valence-electron chi connectivity index (χ4n) is 3.03. The van der Waals surface area contributed by atoms with E-state index < -0.39 is 10.0 Å². The van der Waals surface area contributed by atoms with Crippen molar-refractivity contribution < 1.29 is 22.6 Å². The van der Waals surface area contributed by atoms with E-state index in [0.29, 0.717) is 16.0 Å². The average molecular weight is 531 g/mol. The van der Waals surface area contributed by atoms with Crippen LogP contribution in [0.2, 0.25) is 5.15 Å². The Bertz CT molecular complexity index is 1450. The number of halogens is 1. The minimum Gasteiger partial charge on any atom is -0.619 e. The van der Waals surface area contributed by atoms with E-state index in [2.05, 4.69) is 14.7 Å². The van der Waals surface area contributed by atoms with Crippen LogP contribution in [0.15, 0.2) is 82.8 Å². The summed E-state index contributed by atoms with van der Waals surface area (Å²) in [6.07, 6.45) is 4.43. The third-order valence-corrected chi connectivity index (χ3v) is 7.12. The molecule has 0 saturated heterocycles. The molecule has 180 valence electrons. The van der Waals surface area contributed by atoms with Crippen LogP contribution in [-0.4, -0.2) is 31.8 Å². The SMILES string of the molecule is COc1ccccc1Oc1c(Cl)nc(-c2cc[n+]([O-])cc2)nc1NS(=O)(=O)c1ccc(SC)cc1. The number of para-hydroxylation sites is 2. The molecule has 12 heteroatoms. The normalized spacial score (nSPS) is 11.2. The minimum absolute atomic E-state index is 0.0296. The Labute approximate surface area is 211 Å². The first-order chi connectivity index (χ1) is 16.8. The summed E-state index contributed by atoms with van der Waals surface area (Å²) in [6.45, 7) is 0. The Hall–Kier alpha value is -3.54. The highest BCUT2D eigenvalue weighted by atomic mass is 35.5. The molecule has 0 unspecified atom stereocenters. The van der Waals surface area contributed by atoms with Crippen LogP contribution in [0.5, 0.6) is 17.2 Å². The van der Waals surface area contributed by atoms with Gasteiger partial charge in [0.1, 0.15) is 0 Å². The topological polar surface area (TPSA) is 117 Å². The molecule has 0 fully saturated rings. The van der Waals surface area contributed by atoms with Gasteiger partial charge in [-0.1, -0.05) is 23.7 Å². The molecule has 0 atom stereocenters. The third kappa shape index (κ3) is 5.59. The lowest BCUT2D eigenvalue weighted by Gasteiger charge is -2.16. The van der Waals surface area contributed by atoms with Gasteiger partial charge in [-0.3, -0.25) is 4.72 Å². The maximum atomic E-state index is 13.2. The summed E-state index contributed by atoms with van der Waals surface area (Å²) in [5.41, 5.74) is 0.451. The van der Waals surface area contributed by atoms with Crippen molar-refractivity contribution in [3.63, 3.8) is 0 Å². The molecular weight excluding hydrogens is 512 g/mol. The first-order valence-corrected chi connectivity index (χ1v) is 13.1. The van der Waals surface area contributed by atoms with Gasteiger partial charge in [-0.05, 0) is 42.7 Å². The van der Waals surface area contributed by atoms with Crippen LogP contribution in [0.1, 0.15) is 0 Å². The number of nitrogens with zero attached hydrogens (tertiary/aromatic N) is 3. The lowest BCUT2D eigenvalue weighted by Crippen LogP contribution is -2.23. The Morgan fingerprint density at radius 3 is 2.29 bits per heavy atom. The maximum Gasteiger partial charge on any atom is 0.263 e. The zero-order valence-corrected chi connectivity index (χ0v) is 20.9. The molecule has 0 saturated carbocycles. The second-order valence-corrected chi connectivity index (χ2v) is 9.92. The minimum atomic E-state index is -4.06. The van der Waals surface area contributed by atoms with E-state index >= 15 is 0 Å². The third-order valence-electron chi connectivity index (χ3n) is 4.77. The van der Waals surface area contributed by atoms with Gasteiger partial charge in [0, 0.05) is 22.6 Å². The van der Waals surface area contributed by atoms with E-state index in [0.717, 1.165) is 4.90 Å². The van der Waals surface area contributed by atoms with E-state index in [1.54, 1.807) is 36.4 Å². The molecule has 2 aromatic heterocycles. The highest BCUT2D eigenvalue weighted by molar-refractivity contribution is 7.98. The summed E-state index contributed by atoms with van der Waals surface area (Å²) in [6, 6.07) is 16.1. The largest absolute Gasteiger partial charge is 0.619 e. The molecule has 35 heavy (non-hydrogen) atoms. The molecule has 2 aromatic carbocycles. The molecule has 1 N–H and O–H groups in total. The van der Waals surface area contributed by atoms with E-state index in [1.807, 2.05) is 6.26 Å². The van der Waals surface area contributed by atoms with Gasteiger partial charge < -0.3 is 14.7 Å². The van der Waals surface area contributed by atoms with Crippen molar-refractivity contribution in [2.45, 2.75) is 9.79 Å². The molecular formula is C23H19ClN4O5S2. The first-order valence-electron chi connectivity index (χ1n) is 10.0. The van der Waals surface area contributed by atoms with Crippen molar-refractivity contribution in [1.29, 1.82) is 0 Å². The Balaban J connectivity index is 1.81. The van der Waals surface area contributed by atoms with Crippen LogP contribution in [0.25, 0.3) is 11.4 Å². The summed E-state index contributed by atoms with van der Waals surface area (Å²) in [5, 5.41) is 11.3. The molecule has 0 radical (unpaired) electrons. The van der Waals surface area contributed by atoms with Crippen LogP contribution in [0, 0.1) is 5.21 Å². The van der Waals surface area contributed by atoms with Crippen molar-refractivity contribution in [3.05, 3.63) is 83.4 Å². The molecule has 0 aliphatic rings. The van der Waals surface area contributed by atoms with Crippen molar-refractivity contribution >= 4 is 39.2 Å². The summed E-state index contributed by atoms with van der Waals surface area (Å²) in [5.74, 6) is 0.485. The zero-order chi connectivity index (χ0) is 25.0. The van der Waals surface area contributed by atoms with Gasteiger partial charge in [0.2, 0.25) is 5.75 Å². The van der Waals surface area contributed by atoms with E-state index in [4.69, 9.17) is 21.1 Å². The molecule has 0 aliphatic carbocycles. The molecule has 0 bridgehead atoms. The highest BCUT2D eigenvalue weighted by Gasteiger charge is 2.23. The van der Waals surface area contributed by atoms with Crippen LogP contribution in [-0.2, 0) is 10.0 Å². The number of hydrogen-bond donors (Lipinski definition) is 1. The summed E-state index contributed by atoms with van der Waals surface area (Å²) in [7, 11) is -2.59. The quantitative estimate of drug-likeness (QED) is 0.150. The van der Waals surface area contributed by atoms with Gasteiger partial charge in [-0.2, -0.15) is 4.73 Å². The number of hydrogen-bond acceptors (Lipinski definition) is 8. The average Bonchev–Trinajstić information content (AvgIpc) is 2.86. The number of ether oxygens (including phenoxy) is 2. The Morgan fingerprint density at radius 2 is 1.66 bits per heavy atom. The van der Waals surface area contributed by atoms with Gasteiger partial charge in [-0.25, -0.2) is 18.4 Å². The van der Waals surface area contributed by atoms with E-state index in [-0.39, 0.29) is 33.2 Å². The predicted molar refractivity (Wildman–Crippen MR) is 134 cm³/mol. The molecule has 4 aromatic rings. The van der Waals surface area contributed by atoms with Gasteiger partial charge in [0.05, 0.1) is 12.0 Å². The van der Waals surface area contributed by atoms with Crippen molar-refractivity contribution in [3.8, 4) is 28.6 Å². The molecule has 0 spiro atoms. The number of pyridine rings is 1. The number of aromatic nitrogens is 3. The van der Waals surface area contributed by atoms with Crippen molar-refractivity contribution in [1.82, 2.24) is 9.97 Å². The Morgan fingerprint density at radius 1 is 1.00 bits per heavy atom. The molecule has 2 heterocycles. The second-order valence-electron chi connectivity index (χ2n) is 7.00. The summed E-state index contributed by atoms with van der Waals surface area (Å²) >= 11 is 7.95. The van der Waals surface area contributed by atoms with Crippen molar-refractivity contribution in [2.24, 2.45) is 0 Å². The van der Waals surface area contributed by atoms with Gasteiger partial charge in [-0.15, -0.1) is 11.8 Å². The number of benzene rings is 2. The van der Waals surface area contributed by atoms with Crippen LogP contribution >= 0.6 is 23.4 Å². The lowest BCUT2D eigenvalue weighted by molar-refractivity contribution is -0.605. The summed E-state index contributed by atoms with van der Waals surface area (Å²) < 4.78 is 40.7. The van der Waals surface area contributed by atoms with Gasteiger partial charge >= 0.3 is 0 Å². The van der Waals surface area contributed by atoms with Crippen LogP contribution < -0.4 is 18.9 Å². The lowest BCUT2D eigenvalue weighted by atomic mass is 10.2. The van der Waals surface area contributed by atoms with Gasteiger partial charge in [0.15, 0.2) is 40.7 Å². The van der Waals surface area contributed by atoms with Crippen molar-refractivity contribution in [2.75, 3.05) is 18.1 Å². The highest BCUT2D eigenvalue weighted by Crippen LogP contribution is 2.40. The Kier molecular flexibility index (Phi) is 7.29. The first kappa shape index (κ1) is 24.6.